The van der Waals surface area contributed by atoms with Crippen molar-refractivity contribution in [3.63, 3.8) is 0 Å². The molecule has 0 saturated carbocycles. The number of hydrogen-bond acceptors (Lipinski definition) is 6. The number of benzene rings is 1. The Morgan fingerprint density at radius 3 is 3.09 bits per heavy atom. The molecule has 1 aliphatic heterocycles. The van der Waals surface area contributed by atoms with E-state index in [2.05, 4.69) is 15.3 Å². The van der Waals surface area contributed by atoms with Crippen LogP contribution < -0.4 is 0 Å². The third-order valence-electron chi connectivity index (χ3n) is 3.34. The number of ether oxygens (including phenoxy) is 1. The molecular formula is C13H13N5O3S. The Kier molecular flexibility index (Phi) is 4.07. The first-order valence-electron chi connectivity index (χ1n) is 6.73. The zero-order valence-corrected chi connectivity index (χ0v) is 12.3. The summed E-state index contributed by atoms with van der Waals surface area (Å²) < 4.78 is 7.34. The minimum Gasteiger partial charge on any atom is -0.370 e. The summed E-state index contributed by atoms with van der Waals surface area (Å²) in [6.45, 7) is 0.679. The standard InChI is InChI=1S/C13H13N5O3S/c19-18(20)10-5-2-1-4-9(10)8-14-17-12(15-16-13(17)22)11-6-3-7-21-11/h1-2,4-5,8,11H,3,6-7H2,(H,16,22)/b14-8-. The molecule has 1 N–H and O–H groups in total. The van der Waals surface area contributed by atoms with Gasteiger partial charge in [0.25, 0.3) is 5.69 Å². The van der Waals surface area contributed by atoms with E-state index >= 15 is 0 Å². The van der Waals surface area contributed by atoms with Crippen molar-refractivity contribution in [2.45, 2.75) is 18.9 Å². The Hall–Kier alpha value is -2.39. The van der Waals surface area contributed by atoms with Crippen molar-refractivity contribution >= 4 is 24.1 Å². The van der Waals surface area contributed by atoms with E-state index in [0.717, 1.165) is 12.8 Å². The third kappa shape index (κ3) is 2.81. The van der Waals surface area contributed by atoms with Crippen molar-refractivity contribution in [2.24, 2.45) is 5.10 Å². The highest BCUT2D eigenvalue weighted by Crippen LogP contribution is 2.27. The molecule has 1 aliphatic rings. The second-order valence-corrected chi connectivity index (χ2v) is 5.15. The molecular weight excluding hydrogens is 306 g/mol. The van der Waals surface area contributed by atoms with Gasteiger partial charge in [-0.15, -0.1) is 0 Å². The van der Waals surface area contributed by atoms with Crippen LogP contribution in [0.1, 0.15) is 30.3 Å². The monoisotopic (exact) mass is 319 g/mol. The normalized spacial score (nSPS) is 18.1. The van der Waals surface area contributed by atoms with Crippen LogP contribution in [0, 0.1) is 14.9 Å². The molecule has 1 unspecified atom stereocenters. The first-order chi connectivity index (χ1) is 10.7. The Morgan fingerprint density at radius 2 is 2.36 bits per heavy atom. The van der Waals surface area contributed by atoms with Gasteiger partial charge in [0.05, 0.1) is 16.7 Å². The van der Waals surface area contributed by atoms with E-state index in [1.54, 1.807) is 18.2 Å². The molecule has 1 atom stereocenters. The van der Waals surface area contributed by atoms with Crippen molar-refractivity contribution in [3.8, 4) is 0 Å². The van der Waals surface area contributed by atoms with Gasteiger partial charge in [0.15, 0.2) is 5.82 Å². The zero-order chi connectivity index (χ0) is 15.5. The quantitative estimate of drug-likeness (QED) is 0.404. The maximum atomic E-state index is 11.0. The number of nitrogens with one attached hydrogen (secondary N) is 1. The van der Waals surface area contributed by atoms with Crippen LogP contribution in [-0.4, -0.2) is 32.6 Å². The highest BCUT2D eigenvalue weighted by atomic mass is 32.1. The van der Waals surface area contributed by atoms with Crippen LogP contribution in [0.5, 0.6) is 0 Å². The number of rotatable bonds is 4. The summed E-state index contributed by atoms with van der Waals surface area (Å²) in [6.07, 6.45) is 3.05. The van der Waals surface area contributed by atoms with Crippen molar-refractivity contribution in [1.82, 2.24) is 14.9 Å². The number of nitrogens with zero attached hydrogens (tertiary/aromatic N) is 4. The lowest BCUT2D eigenvalue weighted by Crippen LogP contribution is -2.05. The van der Waals surface area contributed by atoms with Crippen LogP contribution in [0.15, 0.2) is 29.4 Å². The second-order valence-electron chi connectivity index (χ2n) is 4.76. The molecule has 8 nitrogen and oxygen atoms in total. The second kappa shape index (κ2) is 6.16. The highest BCUT2D eigenvalue weighted by molar-refractivity contribution is 7.71. The summed E-state index contributed by atoms with van der Waals surface area (Å²) in [5.41, 5.74) is 0.383. The molecule has 0 bridgehead atoms. The summed E-state index contributed by atoms with van der Waals surface area (Å²) in [7, 11) is 0. The van der Waals surface area contributed by atoms with Crippen LogP contribution in [0.3, 0.4) is 0 Å². The fourth-order valence-electron chi connectivity index (χ4n) is 2.29. The lowest BCUT2D eigenvalue weighted by molar-refractivity contribution is -0.385. The van der Waals surface area contributed by atoms with Crippen LogP contribution in [-0.2, 0) is 4.74 Å². The largest absolute Gasteiger partial charge is 0.370 e. The lowest BCUT2D eigenvalue weighted by atomic mass is 10.2. The summed E-state index contributed by atoms with van der Waals surface area (Å²) in [5, 5.41) is 22.1. The number of aromatic nitrogens is 3. The Labute approximate surface area is 130 Å². The van der Waals surface area contributed by atoms with Gasteiger partial charge in [-0.05, 0) is 31.1 Å². The molecule has 0 radical (unpaired) electrons. The topological polar surface area (TPSA) is 98.3 Å². The molecule has 0 amide bonds. The molecule has 114 valence electrons. The summed E-state index contributed by atoms with van der Waals surface area (Å²) in [4.78, 5) is 10.6. The molecule has 0 aliphatic carbocycles. The van der Waals surface area contributed by atoms with E-state index in [4.69, 9.17) is 17.0 Å². The van der Waals surface area contributed by atoms with Crippen molar-refractivity contribution < 1.29 is 9.66 Å². The Morgan fingerprint density at radius 1 is 1.55 bits per heavy atom. The maximum Gasteiger partial charge on any atom is 0.278 e. The molecule has 0 spiro atoms. The number of hydrogen-bond donors (Lipinski definition) is 1. The number of nitro benzene ring substituents is 1. The molecule has 3 rings (SSSR count). The molecule has 22 heavy (non-hydrogen) atoms. The number of para-hydroxylation sites is 1. The Balaban J connectivity index is 1.95. The molecule has 9 heteroatoms. The van der Waals surface area contributed by atoms with E-state index in [1.807, 2.05) is 0 Å². The summed E-state index contributed by atoms with van der Waals surface area (Å²) >= 11 is 5.15. The minimum atomic E-state index is -0.447. The SMILES string of the molecule is O=[N+]([O-])c1ccccc1/C=N\n1c(C2CCCO2)n[nH]c1=S. The van der Waals surface area contributed by atoms with Crippen molar-refractivity contribution in [3.05, 3.63) is 50.5 Å². The van der Waals surface area contributed by atoms with Gasteiger partial charge in [0.2, 0.25) is 4.77 Å². The van der Waals surface area contributed by atoms with Gasteiger partial charge in [0.1, 0.15) is 6.10 Å². The molecule has 2 heterocycles. The average Bonchev–Trinajstić information content (AvgIpc) is 3.15. The third-order valence-corrected chi connectivity index (χ3v) is 3.60. The summed E-state index contributed by atoms with van der Waals surface area (Å²) in [6, 6.07) is 6.37. The van der Waals surface area contributed by atoms with Gasteiger partial charge < -0.3 is 4.74 Å². The molecule has 2 aromatic rings. The zero-order valence-electron chi connectivity index (χ0n) is 11.5. The van der Waals surface area contributed by atoms with Crippen LogP contribution in [0.2, 0.25) is 0 Å². The van der Waals surface area contributed by atoms with Crippen LogP contribution in [0.4, 0.5) is 5.69 Å². The smallest absolute Gasteiger partial charge is 0.278 e. The van der Waals surface area contributed by atoms with E-state index in [9.17, 15) is 10.1 Å². The highest BCUT2D eigenvalue weighted by Gasteiger charge is 2.23. The van der Waals surface area contributed by atoms with Crippen LogP contribution >= 0.6 is 12.2 Å². The number of aromatic amines is 1. The van der Waals surface area contributed by atoms with Gasteiger partial charge in [-0.1, -0.05) is 12.1 Å². The summed E-state index contributed by atoms with van der Waals surface area (Å²) in [5.74, 6) is 0.581. The van der Waals surface area contributed by atoms with Crippen molar-refractivity contribution in [1.29, 1.82) is 0 Å². The van der Waals surface area contributed by atoms with Gasteiger partial charge in [0, 0.05) is 12.7 Å². The van der Waals surface area contributed by atoms with Gasteiger partial charge in [-0.25, -0.2) is 0 Å². The lowest BCUT2D eigenvalue weighted by Gasteiger charge is -2.07. The van der Waals surface area contributed by atoms with E-state index in [-0.39, 0.29) is 11.8 Å². The molecule has 1 aromatic heterocycles. The van der Waals surface area contributed by atoms with Crippen molar-refractivity contribution in [2.75, 3.05) is 6.61 Å². The van der Waals surface area contributed by atoms with E-state index < -0.39 is 4.92 Å². The molecule has 1 aromatic carbocycles. The van der Waals surface area contributed by atoms with Gasteiger partial charge in [-0.2, -0.15) is 14.9 Å². The fraction of sp³-hybridized carbons (Fsp3) is 0.308. The predicted octanol–water partition coefficient (Wildman–Crippen LogP) is 2.58. The fourth-order valence-corrected chi connectivity index (χ4v) is 2.47. The van der Waals surface area contributed by atoms with Crippen LogP contribution in [0.25, 0.3) is 0 Å². The molecule has 1 saturated heterocycles. The molecule has 1 fully saturated rings. The first-order valence-corrected chi connectivity index (χ1v) is 7.14. The predicted molar refractivity (Wildman–Crippen MR) is 81.4 cm³/mol. The van der Waals surface area contributed by atoms with Gasteiger partial charge >= 0.3 is 0 Å². The van der Waals surface area contributed by atoms with E-state index in [0.29, 0.717) is 22.8 Å². The Bertz CT molecular complexity index is 776. The first kappa shape index (κ1) is 14.5. The number of H-pyrrole nitrogens is 1. The number of nitro groups is 1. The van der Waals surface area contributed by atoms with E-state index in [1.165, 1.54) is 17.0 Å². The van der Waals surface area contributed by atoms with Gasteiger partial charge in [-0.3, -0.25) is 15.2 Å². The average molecular weight is 319 g/mol. The maximum absolute atomic E-state index is 11.0. The minimum absolute atomic E-state index is 0.0140.